The third kappa shape index (κ3) is 4.37. The summed E-state index contributed by atoms with van der Waals surface area (Å²) >= 11 is 0. The van der Waals surface area contributed by atoms with E-state index in [9.17, 15) is 5.26 Å². The Morgan fingerprint density at radius 1 is 1.22 bits per heavy atom. The lowest BCUT2D eigenvalue weighted by molar-refractivity contribution is 0.329. The molecule has 1 saturated heterocycles. The van der Waals surface area contributed by atoms with Gasteiger partial charge in [0, 0.05) is 13.1 Å². The Morgan fingerprint density at radius 2 is 1.94 bits per heavy atom. The second-order valence-electron chi connectivity index (χ2n) is 4.80. The highest BCUT2D eigenvalue weighted by atomic mass is 15.2. The zero-order chi connectivity index (χ0) is 13.2. The number of piperidine rings is 1. The van der Waals surface area contributed by atoms with E-state index in [4.69, 9.17) is 5.26 Å². The standard InChI is InChI=1S/C14H22N4/c1-2-3-5-8-13(11-15)14(17-12-16)18-9-6-4-7-10-18/h13H,2-10H2,1H3/b17-14-. The van der Waals surface area contributed by atoms with Crippen molar-refractivity contribution in [3.8, 4) is 12.3 Å². The first-order valence-electron chi connectivity index (χ1n) is 6.94. The van der Waals surface area contributed by atoms with Crippen molar-refractivity contribution < 1.29 is 0 Å². The molecule has 18 heavy (non-hydrogen) atoms. The van der Waals surface area contributed by atoms with Crippen LogP contribution >= 0.6 is 0 Å². The molecule has 0 bridgehead atoms. The van der Waals surface area contributed by atoms with E-state index in [0.717, 1.165) is 51.6 Å². The van der Waals surface area contributed by atoms with Gasteiger partial charge in [-0.15, -0.1) is 0 Å². The van der Waals surface area contributed by atoms with Crippen LogP contribution in [0.3, 0.4) is 0 Å². The number of hydrogen-bond acceptors (Lipinski definition) is 3. The van der Waals surface area contributed by atoms with E-state index < -0.39 is 0 Å². The lowest BCUT2D eigenvalue weighted by Gasteiger charge is -2.31. The predicted molar refractivity (Wildman–Crippen MR) is 71.7 cm³/mol. The van der Waals surface area contributed by atoms with Gasteiger partial charge in [-0.3, -0.25) is 0 Å². The van der Waals surface area contributed by atoms with Crippen molar-refractivity contribution >= 4 is 5.84 Å². The van der Waals surface area contributed by atoms with E-state index in [2.05, 4.69) is 22.9 Å². The molecule has 0 aromatic rings. The van der Waals surface area contributed by atoms with Gasteiger partial charge < -0.3 is 4.90 Å². The van der Waals surface area contributed by atoms with Crippen LogP contribution in [0.4, 0.5) is 0 Å². The van der Waals surface area contributed by atoms with Crippen LogP contribution in [0.5, 0.6) is 0 Å². The van der Waals surface area contributed by atoms with Gasteiger partial charge in [-0.05, 0) is 25.7 Å². The lowest BCUT2D eigenvalue weighted by Crippen LogP contribution is -2.39. The predicted octanol–water partition coefficient (Wildman–Crippen LogP) is 3.07. The third-order valence-corrected chi connectivity index (χ3v) is 3.41. The normalized spacial score (nSPS) is 17.9. The molecule has 0 amide bonds. The molecule has 0 aromatic heterocycles. The number of aliphatic imine (C=N–C) groups is 1. The van der Waals surface area contributed by atoms with Crippen LogP contribution in [0.2, 0.25) is 0 Å². The van der Waals surface area contributed by atoms with Crippen molar-refractivity contribution in [2.24, 2.45) is 10.9 Å². The first-order chi connectivity index (χ1) is 8.83. The molecule has 4 heteroatoms. The molecule has 0 saturated carbocycles. The molecular formula is C14H22N4. The topological polar surface area (TPSA) is 63.2 Å². The van der Waals surface area contributed by atoms with Gasteiger partial charge in [0.1, 0.15) is 11.8 Å². The minimum Gasteiger partial charge on any atom is -0.358 e. The Kier molecular flexibility index (Phi) is 6.87. The highest BCUT2D eigenvalue weighted by Gasteiger charge is 2.23. The summed E-state index contributed by atoms with van der Waals surface area (Å²) in [6.45, 7) is 4.02. The Morgan fingerprint density at radius 3 is 2.50 bits per heavy atom. The number of hydrogen-bond donors (Lipinski definition) is 0. The molecule has 1 atom stereocenters. The molecule has 1 aliphatic rings. The molecule has 0 aliphatic carbocycles. The molecule has 0 aromatic carbocycles. The summed E-state index contributed by atoms with van der Waals surface area (Å²) < 4.78 is 0. The lowest BCUT2D eigenvalue weighted by atomic mass is 9.99. The quantitative estimate of drug-likeness (QED) is 0.324. The Hall–Kier alpha value is -1.55. The van der Waals surface area contributed by atoms with Crippen LogP contribution in [0.1, 0.15) is 51.9 Å². The number of nitriles is 2. The van der Waals surface area contributed by atoms with E-state index in [0.29, 0.717) is 5.84 Å². The van der Waals surface area contributed by atoms with Gasteiger partial charge in [0.05, 0.1) is 6.07 Å². The van der Waals surface area contributed by atoms with E-state index in [-0.39, 0.29) is 5.92 Å². The van der Waals surface area contributed by atoms with Gasteiger partial charge in [0.25, 0.3) is 0 Å². The number of rotatable bonds is 5. The van der Waals surface area contributed by atoms with Crippen molar-refractivity contribution in [1.82, 2.24) is 4.90 Å². The van der Waals surface area contributed by atoms with Gasteiger partial charge in [-0.1, -0.05) is 26.2 Å². The molecule has 1 aliphatic heterocycles. The van der Waals surface area contributed by atoms with E-state index >= 15 is 0 Å². The molecular weight excluding hydrogens is 224 g/mol. The molecule has 0 radical (unpaired) electrons. The maximum Gasteiger partial charge on any atom is 0.207 e. The highest BCUT2D eigenvalue weighted by Crippen LogP contribution is 2.18. The number of unbranched alkanes of at least 4 members (excludes halogenated alkanes) is 2. The molecule has 1 fully saturated rings. The second kappa shape index (κ2) is 8.53. The molecule has 4 nitrogen and oxygen atoms in total. The zero-order valence-corrected chi connectivity index (χ0v) is 11.2. The Balaban J connectivity index is 2.66. The molecule has 1 unspecified atom stereocenters. The van der Waals surface area contributed by atoms with E-state index in [1.54, 1.807) is 0 Å². The van der Waals surface area contributed by atoms with Crippen LogP contribution in [0, 0.1) is 28.7 Å². The maximum absolute atomic E-state index is 9.29. The largest absolute Gasteiger partial charge is 0.358 e. The van der Waals surface area contributed by atoms with Crippen molar-refractivity contribution in [3.05, 3.63) is 0 Å². The van der Waals surface area contributed by atoms with Crippen LogP contribution in [0.25, 0.3) is 0 Å². The molecule has 1 rings (SSSR count). The monoisotopic (exact) mass is 246 g/mol. The van der Waals surface area contributed by atoms with Gasteiger partial charge in [0.2, 0.25) is 6.19 Å². The summed E-state index contributed by atoms with van der Waals surface area (Å²) in [5, 5.41) is 18.1. The van der Waals surface area contributed by atoms with Crippen molar-refractivity contribution in [1.29, 1.82) is 10.5 Å². The van der Waals surface area contributed by atoms with Crippen molar-refractivity contribution in [3.63, 3.8) is 0 Å². The van der Waals surface area contributed by atoms with Crippen LogP contribution in [-0.4, -0.2) is 23.8 Å². The molecule has 1 heterocycles. The maximum atomic E-state index is 9.29. The Labute approximate surface area is 110 Å². The van der Waals surface area contributed by atoms with Crippen molar-refractivity contribution in [2.45, 2.75) is 51.9 Å². The fourth-order valence-corrected chi connectivity index (χ4v) is 2.39. The van der Waals surface area contributed by atoms with Gasteiger partial charge in [0.15, 0.2) is 0 Å². The number of nitrogens with zero attached hydrogens (tertiary/aromatic N) is 4. The van der Waals surface area contributed by atoms with Gasteiger partial charge in [-0.25, -0.2) is 0 Å². The number of likely N-dealkylation sites (tertiary alicyclic amines) is 1. The summed E-state index contributed by atoms with van der Waals surface area (Å²) in [6.07, 6.45) is 9.52. The molecule has 0 spiro atoms. The summed E-state index contributed by atoms with van der Waals surface area (Å²) in [5.74, 6) is 0.491. The van der Waals surface area contributed by atoms with E-state index in [1.807, 2.05) is 6.19 Å². The average Bonchev–Trinajstić information content (AvgIpc) is 2.43. The third-order valence-electron chi connectivity index (χ3n) is 3.41. The Bertz CT molecular complexity index is 342. The second-order valence-corrected chi connectivity index (χ2v) is 4.80. The van der Waals surface area contributed by atoms with E-state index in [1.165, 1.54) is 6.42 Å². The zero-order valence-electron chi connectivity index (χ0n) is 11.2. The summed E-state index contributed by atoms with van der Waals surface area (Å²) in [7, 11) is 0. The SMILES string of the molecule is CCCCCC(C#N)/C(=N/C#N)N1CCCCC1. The van der Waals surface area contributed by atoms with Crippen LogP contribution in [0.15, 0.2) is 4.99 Å². The smallest absolute Gasteiger partial charge is 0.207 e. The van der Waals surface area contributed by atoms with Crippen molar-refractivity contribution in [2.75, 3.05) is 13.1 Å². The summed E-state index contributed by atoms with van der Waals surface area (Å²) in [6, 6.07) is 2.32. The first kappa shape index (κ1) is 14.5. The van der Waals surface area contributed by atoms with Gasteiger partial charge in [-0.2, -0.15) is 15.5 Å². The van der Waals surface area contributed by atoms with Gasteiger partial charge >= 0.3 is 0 Å². The summed E-state index contributed by atoms with van der Waals surface area (Å²) in [5.41, 5.74) is 0. The first-order valence-corrected chi connectivity index (χ1v) is 6.94. The molecule has 0 N–H and O–H groups in total. The minimum atomic E-state index is -0.214. The average molecular weight is 246 g/mol. The number of amidine groups is 1. The van der Waals surface area contributed by atoms with Crippen LogP contribution < -0.4 is 0 Å². The fraction of sp³-hybridized carbons (Fsp3) is 0.786. The fourth-order valence-electron chi connectivity index (χ4n) is 2.39. The molecule has 98 valence electrons. The summed E-state index contributed by atoms with van der Waals surface area (Å²) in [4.78, 5) is 6.05. The highest BCUT2D eigenvalue weighted by molar-refractivity contribution is 5.87. The van der Waals surface area contributed by atoms with Crippen LogP contribution in [-0.2, 0) is 0 Å². The minimum absolute atomic E-state index is 0.214.